The Morgan fingerprint density at radius 3 is 2.27 bits per heavy atom. The predicted octanol–water partition coefficient (Wildman–Crippen LogP) is 4.18. The van der Waals surface area contributed by atoms with Crippen molar-refractivity contribution >= 4 is 6.21 Å². The molecule has 0 aliphatic carbocycles. The van der Waals surface area contributed by atoms with E-state index in [1.54, 1.807) is 0 Å². The van der Waals surface area contributed by atoms with E-state index in [0.29, 0.717) is 5.92 Å². The summed E-state index contributed by atoms with van der Waals surface area (Å²) in [6, 6.07) is 0. The number of nitrogens with zero attached hydrogens (tertiary/aromatic N) is 1. The first kappa shape index (κ1) is 13.9. The van der Waals surface area contributed by atoms with Crippen molar-refractivity contribution in [3.05, 3.63) is 35.5 Å². The quantitative estimate of drug-likeness (QED) is 0.471. The lowest BCUT2D eigenvalue weighted by Crippen LogP contribution is -2.03. The highest BCUT2D eigenvalue weighted by Crippen LogP contribution is 2.22. The van der Waals surface area contributed by atoms with Crippen LogP contribution in [0.3, 0.4) is 0 Å². The Morgan fingerprint density at radius 1 is 1.33 bits per heavy atom. The second kappa shape index (κ2) is 7.22. The van der Waals surface area contributed by atoms with Gasteiger partial charge in [-0.1, -0.05) is 31.2 Å². The maximum atomic E-state index is 4.07. The predicted molar refractivity (Wildman–Crippen MR) is 70.5 cm³/mol. The van der Waals surface area contributed by atoms with E-state index in [9.17, 15) is 0 Å². The molecule has 0 aliphatic heterocycles. The van der Waals surface area contributed by atoms with Gasteiger partial charge in [0.1, 0.15) is 0 Å². The second-order valence-electron chi connectivity index (χ2n) is 3.88. The third kappa shape index (κ3) is 4.78. The van der Waals surface area contributed by atoms with Gasteiger partial charge in [-0.2, -0.15) is 0 Å². The first-order valence-corrected chi connectivity index (χ1v) is 5.46. The van der Waals surface area contributed by atoms with E-state index in [1.807, 2.05) is 13.3 Å². The molecule has 0 heterocycles. The topological polar surface area (TPSA) is 12.4 Å². The fourth-order valence-corrected chi connectivity index (χ4v) is 1.62. The van der Waals surface area contributed by atoms with Crippen molar-refractivity contribution in [1.29, 1.82) is 0 Å². The number of hydrogen-bond donors (Lipinski definition) is 0. The maximum absolute atomic E-state index is 4.07. The smallest absolute Gasteiger partial charge is 0.0277 e. The largest absolute Gasteiger partial charge is 0.296 e. The van der Waals surface area contributed by atoms with Gasteiger partial charge < -0.3 is 0 Å². The standard InChI is InChI=1S/C14H23N/c1-7-13(11(3)4)9-12(5)14(8-2)10-15-6/h7-8,10,12H,3,9H2,1-2,4-6H3/b13-7+,14-8+,15-10?. The minimum atomic E-state index is 0.501. The number of allylic oxidation sites excluding steroid dienone is 5. The van der Waals surface area contributed by atoms with E-state index in [-0.39, 0.29) is 0 Å². The van der Waals surface area contributed by atoms with E-state index in [4.69, 9.17) is 0 Å². The normalized spacial score (nSPS) is 15.8. The van der Waals surface area contributed by atoms with Gasteiger partial charge in [-0.25, -0.2) is 0 Å². The van der Waals surface area contributed by atoms with Crippen LogP contribution in [0, 0.1) is 5.92 Å². The summed E-state index contributed by atoms with van der Waals surface area (Å²) in [5, 5.41) is 0. The van der Waals surface area contributed by atoms with Crippen molar-refractivity contribution in [2.24, 2.45) is 10.9 Å². The fraction of sp³-hybridized carbons (Fsp3) is 0.500. The van der Waals surface area contributed by atoms with Gasteiger partial charge in [0.25, 0.3) is 0 Å². The minimum Gasteiger partial charge on any atom is -0.296 e. The van der Waals surface area contributed by atoms with Crippen LogP contribution in [0.2, 0.25) is 0 Å². The summed E-state index contributed by atoms with van der Waals surface area (Å²) < 4.78 is 0. The van der Waals surface area contributed by atoms with E-state index < -0.39 is 0 Å². The second-order valence-corrected chi connectivity index (χ2v) is 3.88. The third-order valence-electron chi connectivity index (χ3n) is 2.60. The van der Waals surface area contributed by atoms with E-state index in [0.717, 1.165) is 12.0 Å². The number of rotatable bonds is 5. The van der Waals surface area contributed by atoms with E-state index in [1.165, 1.54) is 11.1 Å². The highest BCUT2D eigenvalue weighted by molar-refractivity contribution is 5.78. The molecule has 0 amide bonds. The van der Waals surface area contributed by atoms with Crippen LogP contribution < -0.4 is 0 Å². The van der Waals surface area contributed by atoms with Crippen molar-refractivity contribution < 1.29 is 0 Å². The average Bonchev–Trinajstić information content (AvgIpc) is 2.21. The molecule has 0 saturated carbocycles. The van der Waals surface area contributed by atoms with Crippen molar-refractivity contribution in [2.75, 3.05) is 7.05 Å². The molecule has 0 N–H and O–H groups in total. The molecular formula is C14H23N. The molecule has 0 aliphatic rings. The summed E-state index contributed by atoms with van der Waals surface area (Å²) in [4.78, 5) is 4.07. The Morgan fingerprint density at radius 2 is 1.93 bits per heavy atom. The lowest BCUT2D eigenvalue weighted by atomic mass is 9.91. The van der Waals surface area contributed by atoms with Crippen LogP contribution in [-0.4, -0.2) is 13.3 Å². The van der Waals surface area contributed by atoms with Crippen molar-refractivity contribution in [2.45, 2.75) is 34.1 Å². The van der Waals surface area contributed by atoms with Crippen LogP contribution in [-0.2, 0) is 0 Å². The Balaban J connectivity index is 4.60. The van der Waals surface area contributed by atoms with Gasteiger partial charge in [-0.05, 0) is 44.3 Å². The van der Waals surface area contributed by atoms with Crippen LogP contribution in [0.4, 0.5) is 0 Å². The molecule has 1 nitrogen and oxygen atoms in total. The molecule has 1 unspecified atom stereocenters. The van der Waals surface area contributed by atoms with Gasteiger partial charge in [0.05, 0.1) is 0 Å². The summed E-state index contributed by atoms with van der Waals surface area (Å²) in [6.07, 6.45) is 7.26. The Kier molecular flexibility index (Phi) is 6.68. The third-order valence-corrected chi connectivity index (χ3v) is 2.60. The first-order valence-electron chi connectivity index (χ1n) is 5.46. The Bertz CT molecular complexity index is 292. The molecule has 0 radical (unpaired) electrons. The highest BCUT2D eigenvalue weighted by atomic mass is 14.6. The molecule has 0 spiro atoms. The zero-order valence-electron chi connectivity index (χ0n) is 10.7. The molecule has 0 aromatic heterocycles. The highest BCUT2D eigenvalue weighted by Gasteiger charge is 2.08. The van der Waals surface area contributed by atoms with Crippen LogP contribution in [0.15, 0.2) is 40.4 Å². The molecule has 0 bridgehead atoms. The molecule has 1 atom stereocenters. The Labute approximate surface area is 94.3 Å². The van der Waals surface area contributed by atoms with E-state index in [2.05, 4.69) is 51.4 Å². The van der Waals surface area contributed by atoms with Gasteiger partial charge in [0, 0.05) is 13.3 Å². The molecule has 0 rings (SSSR count). The molecule has 1 heteroatoms. The van der Waals surface area contributed by atoms with Gasteiger partial charge in [0.15, 0.2) is 0 Å². The molecule has 0 aromatic carbocycles. The van der Waals surface area contributed by atoms with Crippen LogP contribution in [0.25, 0.3) is 0 Å². The molecule has 15 heavy (non-hydrogen) atoms. The molecule has 0 fully saturated rings. The van der Waals surface area contributed by atoms with Gasteiger partial charge in [-0.15, -0.1) is 0 Å². The van der Waals surface area contributed by atoms with Crippen LogP contribution >= 0.6 is 0 Å². The SMILES string of the molecule is C=C(C)/C(=C/C)CC(C)/C(C=NC)=C/C. The lowest BCUT2D eigenvalue weighted by molar-refractivity contribution is 0.700. The summed E-state index contributed by atoms with van der Waals surface area (Å²) >= 11 is 0. The van der Waals surface area contributed by atoms with Crippen molar-refractivity contribution in [3.63, 3.8) is 0 Å². The van der Waals surface area contributed by atoms with Crippen LogP contribution in [0.5, 0.6) is 0 Å². The summed E-state index contributed by atoms with van der Waals surface area (Å²) in [5.74, 6) is 0.501. The van der Waals surface area contributed by atoms with Crippen molar-refractivity contribution in [3.8, 4) is 0 Å². The van der Waals surface area contributed by atoms with Crippen molar-refractivity contribution in [1.82, 2.24) is 0 Å². The molecule has 0 saturated heterocycles. The number of hydrogen-bond acceptors (Lipinski definition) is 1. The lowest BCUT2D eigenvalue weighted by Gasteiger charge is -2.14. The average molecular weight is 205 g/mol. The number of aliphatic imine (C=N–C) groups is 1. The summed E-state index contributed by atoms with van der Waals surface area (Å²) in [7, 11) is 1.81. The summed E-state index contributed by atoms with van der Waals surface area (Å²) in [5.41, 5.74) is 3.79. The molecule has 84 valence electrons. The fourth-order valence-electron chi connectivity index (χ4n) is 1.62. The van der Waals surface area contributed by atoms with Gasteiger partial charge in [-0.3, -0.25) is 4.99 Å². The van der Waals surface area contributed by atoms with E-state index >= 15 is 0 Å². The minimum absolute atomic E-state index is 0.501. The zero-order chi connectivity index (χ0) is 11.8. The van der Waals surface area contributed by atoms with Gasteiger partial charge >= 0.3 is 0 Å². The zero-order valence-corrected chi connectivity index (χ0v) is 10.7. The summed E-state index contributed by atoms with van der Waals surface area (Å²) in [6.45, 7) is 12.4. The molecule has 0 aromatic rings. The van der Waals surface area contributed by atoms with Gasteiger partial charge in [0.2, 0.25) is 0 Å². The first-order chi connectivity index (χ1) is 7.06. The Hall–Kier alpha value is -1.11. The maximum Gasteiger partial charge on any atom is 0.0277 e. The monoisotopic (exact) mass is 205 g/mol. The molecular weight excluding hydrogens is 182 g/mol. The van der Waals surface area contributed by atoms with Crippen LogP contribution in [0.1, 0.15) is 34.1 Å².